The van der Waals surface area contributed by atoms with Crippen LogP contribution in [-0.4, -0.2) is 30.3 Å². The van der Waals surface area contributed by atoms with Gasteiger partial charge in [0.1, 0.15) is 0 Å². The van der Waals surface area contributed by atoms with Crippen LogP contribution < -0.4 is 10.6 Å². The molecule has 1 saturated heterocycles. The maximum Gasteiger partial charge on any atom is 0.257 e. The first-order valence-electron chi connectivity index (χ1n) is 6.42. The molecule has 5 heteroatoms. The van der Waals surface area contributed by atoms with Crippen LogP contribution in [0.15, 0.2) is 24.3 Å². The van der Waals surface area contributed by atoms with E-state index < -0.39 is 0 Å². The molecule has 1 aromatic carbocycles. The molecule has 0 radical (unpaired) electrons. The predicted octanol–water partition coefficient (Wildman–Crippen LogP) is 1.78. The SMILES string of the molecule is Cc1ccc(C(=O)NC(=S)NC[C@H]2CCCO2)cc1. The van der Waals surface area contributed by atoms with Crippen LogP contribution in [0.4, 0.5) is 0 Å². The van der Waals surface area contributed by atoms with E-state index in [1.807, 2.05) is 19.1 Å². The molecule has 0 spiro atoms. The average molecular weight is 278 g/mol. The van der Waals surface area contributed by atoms with E-state index in [-0.39, 0.29) is 12.0 Å². The first-order chi connectivity index (χ1) is 9.15. The highest BCUT2D eigenvalue weighted by molar-refractivity contribution is 7.80. The molecule has 4 nitrogen and oxygen atoms in total. The number of ether oxygens (including phenoxy) is 1. The summed E-state index contributed by atoms with van der Waals surface area (Å²) in [6.45, 7) is 3.44. The van der Waals surface area contributed by atoms with Gasteiger partial charge < -0.3 is 10.1 Å². The maximum absolute atomic E-state index is 11.9. The Morgan fingerprint density at radius 2 is 2.16 bits per heavy atom. The third-order valence-corrected chi connectivity index (χ3v) is 3.30. The van der Waals surface area contributed by atoms with Crippen molar-refractivity contribution in [1.29, 1.82) is 0 Å². The van der Waals surface area contributed by atoms with E-state index in [2.05, 4.69) is 10.6 Å². The highest BCUT2D eigenvalue weighted by atomic mass is 32.1. The molecule has 1 amide bonds. The van der Waals surface area contributed by atoms with E-state index in [9.17, 15) is 4.79 Å². The molecule has 1 aromatic rings. The molecular formula is C14H18N2O2S. The minimum Gasteiger partial charge on any atom is -0.376 e. The fraction of sp³-hybridized carbons (Fsp3) is 0.429. The van der Waals surface area contributed by atoms with Crippen LogP contribution in [-0.2, 0) is 4.74 Å². The third kappa shape index (κ3) is 4.29. The van der Waals surface area contributed by atoms with Gasteiger partial charge in [-0.05, 0) is 44.1 Å². The van der Waals surface area contributed by atoms with Gasteiger partial charge in [-0.3, -0.25) is 10.1 Å². The number of carbonyl (C=O) groups is 1. The van der Waals surface area contributed by atoms with Crippen molar-refractivity contribution >= 4 is 23.2 Å². The Hall–Kier alpha value is -1.46. The molecule has 102 valence electrons. The molecule has 2 N–H and O–H groups in total. The first-order valence-corrected chi connectivity index (χ1v) is 6.83. The van der Waals surface area contributed by atoms with Gasteiger partial charge in [0.15, 0.2) is 5.11 Å². The van der Waals surface area contributed by atoms with Crippen LogP contribution in [0.5, 0.6) is 0 Å². The van der Waals surface area contributed by atoms with Gasteiger partial charge in [0, 0.05) is 18.7 Å². The number of hydrogen-bond donors (Lipinski definition) is 2. The smallest absolute Gasteiger partial charge is 0.257 e. The van der Waals surface area contributed by atoms with Gasteiger partial charge >= 0.3 is 0 Å². The number of hydrogen-bond acceptors (Lipinski definition) is 3. The van der Waals surface area contributed by atoms with Crippen molar-refractivity contribution in [2.45, 2.75) is 25.9 Å². The monoisotopic (exact) mass is 278 g/mol. The van der Waals surface area contributed by atoms with Gasteiger partial charge in [-0.1, -0.05) is 17.7 Å². The number of aryl methyl sites for hydroxylation is 1. The molecule has 1 aliphatic heterocycles. The molecule has 0 unspecified atom stereocenters. The minimum absolute atomic E-state index is 0.190. The Morgan fingerprint density at radius 1 is 1.42 bits per heavy atom. The summed E-state index contributed by atoms with van der Waals surface area (Å²) in [4.78, 5) is 11.9. The zero-order valence-corrected chi connectivity index (χ0v) is 11.8. The second kappa shape index (κ2) is 6.63. The summed E-state index contributed by atoms with van der Waals surface area (Å²) >= 11 is 5.09. The van der Waals surface area contributed by atoms with Crippen LogP contribution in [0.1, 0.15) is 28.8 Å². The number of rotatable bonds is 3. The molecule has 1 atom stereocenters. The van der Waals surface area contributed by atoms with Gasteiger partial charge in [0.2, 0.25) is 0 Å². The Bertz CT molecular complexity index is 453. The Labute approximate surface area is 118 Å². The summed E-state index contributed by atoms with van der Waals surface area (Å²) in [7, 11) is 0. The van der Waals surface area contributed by atoms with E-state index in [1.165, 1.54) is 0 Å². The summed E-state index contributed by atoms with van der Waals surface area (Å²) in [6, 6.07) is 7.37. The molecule has 0 aliphatic carbocycles. The number of carbonyl (C=O) groups excluding carboxylic acids is 1. The number of thiocarbonyl (C=S) groups is 1. The summed E-state index contributed by atoms with van der Waals surface area (Å²) in [5.74, 6) is -0.190. The fourth-order valence-electron chi connectivity index (χ4n) is 1.94. The zero-order valence-electron chi connectivity index (χ0n) is 10.9. The summed E-state index contributed by atoms with van der Waals surface area (Å²) in [6.07, 6.45) is 2.34. The van der Waals surface area contributed by atoms with Gasteiger partial charge in [-0.15, -0.1) is 0 Å². The van der Waals surface area contributed by atoms with Crippen LogP contribution in [0.2, 0.25) is 0 Å². The maximum atomic E-state index is 11.9. The molecule has 2 rings (SSSR count). The van der Waals surface area contributed by atoms with Crippen molar-refractivity contribution in [3.05, 3.63) is 35.4 Å². The third-order valence-electron chi connectivity index (χ3n) is 3.06. The lowest BCUT2D eigenvalue weighted by Gasteiger charge is -2.13. The molecule has 0 aromatic heterocycles. The second-order valence-electron chi connectivity index (χ2n) is 4.67. The summed E-state index contributed by atoms with van der Waals surface area (Å²) in [5.41, 5.74) is 1.72. The number of benzene rings is 1. The van der Waals surface area contributed by atoms with Crippen molar-refractivity contribution in [3.63, 3.8) is 0 Å². The number of amides is 1. The largest absolute Gasteiger partial charge is 0.376 e. The molecule has 19 heavy (non-hydrogen) atoms. The van der Waals surface area contributed by atoms with Gasteiger partial charge in [-0.2, -0.15) is 0 Å². The van der Waals surface area contributed by atoms with Gasteiger partial charge in [0.25, 0.3) is 5.91 Å². The van der Waals surface area contributed by atoms with Crippen molar-refractivity contribution in [3.8, 4) is 0 Å². The normalized spacial score (nSPS) is 18.1. The molecule has 1 fully saturated rings. The Kier molecular flexibility index (Phi) is 4.87. The highest BCUT2D eigenvalue weighted by Gasteiger charge is 2.15. The quantitative estimate of drug-likeness (QED) is 0.828. The van der Waals surface area contributed by atoms with Crippen molar-refractivity contribution < 1.29 is 9.53 Å². The highest BCUT2D eigenvalue weighted by Crippen LogP contribution is 2.10. The first kappa shape index (κ1) is 14.0. The van der Waals surface area contributed by atoms with Crippen molar-refractivity contribution in [2.75, 3.05) is 13.2 Å². The van der Waals surface area contributed by atoms with Crippen LogP contribution in [0.3, 0.4) is 0 Å². The molecule has 0 saturated carbocycles. The van der Waals surface area contributed by atoms with E-state index in [1.54, 1.807) is 12.1 Å². The van der Waals surface area contributed by atoms with Crippen LogP contribution in [0, 0.1) is 6.92 Å². The fourth-order valence-corrected chi connectivity index (χ4v) is 2.11. The van der Waals surface area contributed by atoms with Crippen molar-refractivity contribution in [1.82, 2.24) is 10.6 Å². The Morgan fingerprint density at radius 3 is 2.79 bits per heavy atom. The predicted molar refractivity (Wildman–Crippen MR) is 78.2 cm³/mol. The molecule has 1 aliphatic rings. The van der Waals surface area contributed by atoms with Crippen molar-refractivity contribution in [2.24, 2.45) is 0 Å². The minimum atomic E-state index is -0.190. The molecular weight excluding hydrogens is 260 g/mol. The van der Waals surface area contributed by atoms with Gasteiger partial charge in [0.05, 0.1) is 6.10 Å². The van der Waals surface area contributed by atoms with Gasteiger partial charge in [-0.25, -0.2) is 0 Å². The van der Waals surface area contributed by atoms with Crippen LogP contribution >= 0.6 is 12.2 Å². The van der Waals surface area contributed by atoms with E-state index >= 15 is 0 Å². The lowest BCUT2D eigenvalue weighted by atomic mass is 10.1. The zero-order chi connectivity index (χ0) is 13.7. The summed E-state index contributed by atoms with van der Waals surface area (Å²) < 4.78 is 5.47. The molecule has 1 heterocycles. The van der Waals surface area contributed by atoms with Crippen LogP contribution in [0.25, 0.3) is 0 Å². The summed E-state index contributed by atoms with van der Waals surface area (Å²) in [5, 5.41) is 6.02. The van der Waals surface area contributed by atoms with E-state index in [4.69, 9.17) is 17.0 Å². The standard InChI is InChI=1S/C14H18N2O2S/c1-10-4-6-11(7-5-10)13(17)16-14(19)15-9-12-3-2-8-18-12/h4-7,12H,2-3,8-9H2,1H3,(H2,15,16,17,19)/t12-/m1/s1. The lowest BCUT2D eigenvalue weighted by molar-refractivity contribution is 0.0973. The average Bonchev–Trinajstić information content (AvgIpc) is 2.90. The van der Waals surface area contributed by atoms with E-state index in [0.29, 0.717) is 17.2 Å². The Balaban J connectivity index is 1.77. The van der Waals surface area contributed by atoms with E-state index in [0.717, 1.165) is 25.0 Å². The lowest BCUT2D eigenvalue weighted by Crippen LogP contribution is -2.42. The topological polar surface area (TPSA) is 50.4 Å². The number of nitrogens with one attached hydrogen (secondary N) is 2. The second-order valence-corrected chi connectivity index (χ2v) is 5.07. The molecule has 0 bridgehead atoms.